The van der Waals surface area contributed by atoms with Gasteiger partial charge in [-0.05, 0) is 54.1 Å². The molecule has 0 amide bonds. The van der Waals surface area contributed by atoms with Crippen LogP contribution < -0.4 is 5.32 Å². The molecule has 0 aliphatic heterocycles. The molecule has 0 fully saturated rings. The summed E-state index contributed by atoms with van der Waals surface area (Å²) in [5.74, 6) is 0. The van der Waals surface area contributed by atoms with Crippen LogP contribution in [0.15, 0.2) is 24.3 Å². The standard InChI is InChI=1S/C15H19ClIN3/c1-4-18-14(11-7-5-6-8-13(11)17)9-12-10(2)19-20(3)15(12)16/h5-8,14,18H,4,9H2,1-3H3. The van der Waals surface area contributed by atoms with Crippen molar-refractivity contribution >= 4 is 34.2 Å². The van der Waals surface area contributed by atoms with Gasteiger partial charge in [0.15, 0.2) is 0 Å². The lowest BCUT2D eigenvalue weighted by Crippen LogP contribution is -2.24. The van der Waals surface area contributed by atoms with Gasteiger partial charge in [-0.1, -0.05) is 36.7 Å². The Kier molecular flexibility index (Phi) is 5.46. The van der Waals surface area contributed by atoms with Gasteiger partial charge in [-0.2, -0.15) is 5.10 Å². The molecule has 108 valence electrons. The Bertz CT molecular complexity index is 595. The van der Waals surface area contributed by atoms with Gasteiger partial charge in [-0.3, -0.25) is 4.68 Å². The molecule has 1 N–H and O–H groups in total. The van der Waals surface area contributed by atoms with E-state index >= 15 is 0 Å². The van der Waals surface area contributed by atoms with Crippen LogP contribution in [-0.4, -0.2) is 16.3 Å². The molecule has 3 nitrogen and oxygen atoms in total. The molecule has 0 spiro atoms. The molecule has 0 saturated carbocycles. The lowest BCUT2D eigenvalue weighted by molar-refractivity contribution is 0.546. The monoisotopic (exact) mass is 403 g/mol. The Labute approximate surface area is 138 Å². The van der Waals surface area contributed by atoms with Gasteiger partial charge in [0.2, 0.25) is 0 Å². The lowest BCUT2D eigenvalue weighted by atomic mass is 9.99. The van der Waals surface area contributed by atoms with Crippen molar-refractivity contribution < 1.29 is 0 Å². The molecule has 20 heavy (non-hydrogen) atoms. The SMILES string of the molecule is CCNC(Cc1c(C)nn(C)c1Cl)c1ccccc1I. The first-order valence-corrected chi connectivity index (χ1v) is 8.16. The number of likely N-dealkylation sites (N-methyl/N-ethyl adjacent to an activating group) is 1. The molecule has 1 aromatic carbocycles. The average molecular weight is 404 g/mol. The molecule has 2 aromatic rings. The smallest absolute Gasteiger partial charge is 0.130 e. The Morgan fingerprint density at radius 3 is 2.65 bits per heavy atom. The van der Waals surface area contributed by atoms with Crippen LogP contribution in [0.3, 0.4) is 0 Å². The quantitative estimate of drug-likeness (QED) is 0.768. The van der Waals surface area contributed by atoms with Crippen LogP contribution in [0, 0.1) is 10.5 Å². The van der Waals surface area contributed by atoms with Crippen molar-refractivity contribution in [3.8, 4) is 0 Å². The fourth-order valence-corrected chi connectivity index (χ4v) is 3.42. The molecule has 0 aliphatic carbocycles. The molecule has 1 atom stereocenters. The Balaban J connectivity index is 2.33. The van der Waals surface area contributed by atoms with E-state index < -0.39 is 0 Å². The van der Waals surface area contributed by atoms with Crippen molar-refractivity contribution in [3.63, 3.8) is 0 Å². The first-order chi connectivity index (χ1) is 9.54. The molecular weight excluding hydrogens is 385 g/mol. The second-order valence-electron chi connectivity index (χ2n) is 4.81. The third kappa shape index (κ3) is 3.35. The number of hydrogen-bond acceptors (Lipinski definition) is 2. The second-order valence-corrected chi connectivity index (χ2v) is 6.33. The van der Waals surface area contributed by atoms with Crippen molar-refractivity contribution in [1.82, 2.24) is 15.1 Å². The zero-order chi connectivity index (χ0) is 14.7. The summed E-state index contributed by atoms with van der Waals surface area (Å²) in [4.78, 5) is 0. The molecule has 1 heterocycles. The molecule has 1 unspecified atom stereocenters. The predicted octanol–water partition coefficient (Wildman–Crippen LogP) is 3.88. The van der Waals surface area contributed by atoms with Crippen LogP contribution in [0.5, 0.6) is 0 Å². The number of rotatable bonds is 5. The van der Waals surface area contributed by atoms with Crippen molar-refractivity contribution in [2.24, 2.45) is 7.05 Å². The van der Waals surface area contributed by atoms with Crippen molar-refractivity contribution in [2.45, 2.75) is 26.3 Å². The highest BCUT2D eigenvalue weighted by Crippen LogP contribution is 2.28. The predicted molar refractivity (Wildman–Crippen MR) is 92.2 cm³/mol. The maximum atomic E-state index is 6.36. The van der Waals surface area contributed by atoms with E-state index in [1.807, 2.05) is 14.0 Å². The summed E-state index contributed by atoms with van der Waals surface area (Å²) in [5, 5.41) is 8.68. The maximum Gasteiger partial charge on any atom is 0.130 e. The van der Waals surface area contributed by atoms with Crippen LogP contribution in [-0.2, 0) is 13.5 Å². The number of nitrogens with one attached hydrogen (secondary N) is 1. The number of hydrogen-bond donors (Lipinski definition) is 1. The summed E-state index contributed by atoms with van der Waals surface area (Å²) in [6, 6.07) is 8.72. The van der Waals surface area contributed by atoms with E-state index in [-0.39, 0.29) is 6.04 Å². The second kappa shape index (κ2) is 6.91. The van der Waals surface area contributed by atoms with E-state index in [2.05, 4.69) is 64.2 Å². The minimum Gasteiger partial charge on any atom is -0.310 e. The minimum atomic E-state index is 0.258. The van der Waals surface area contributed by atoms with Gasteiger partial charge in [0.1, 0.15) is 5.15 Å². The number of nitrogens with zero attached hydrogens (tertiary/aromatic N) is 2. The third-order valence-corrected chi connectivity index (χ3v) is 4.86. The maximum absolute atomic E-state index is 6.36. The van der Waals surface area contributed by atoms with E-state index in [1.54, 1.807) is 4.68 Å². The van der Waals surface area contributed by atoms with Gasteiger partial charge >= 0.3 is 0 Å². The summed E-state index contributed by atoms with van der Waals surface area (Å²) in [6.07, 6.45) is 0.854. The summed E-state index contributed by atoms with van der Waals surface area (Å²) in [6.45, 7) is 5.06. The van der Waals surface area contributed by atoms with Gasteiger partial charge in [0, 0.05) is 22.2 Å². The molecule has 0 saturated heterocycles. The first kappa shape index (κ1) is 15.8. The van der Waals surface area contributed by atoms with E-state index in [0.29, 0.717) is 0 Å². The fraction of sp³-hybridized carbons (Fsp3) is 0.400. The Morgan fingerprint density at radius 1 is 1.40 bits per heavy atom. The summed E-state index contributed by atoms with van der Waals surface area (Å²) < 4.78 is 3.01. The van der Waals surface area contributed by atoms with Crippen molar-refractivity contribution in [2.75, 3.05) is 6.54 Å². The summed E-state index contributed by atoms with van der Waals surface area (Å²) >= 11 is 8.74. The highest BCUT2D eigenvalue weighted by molar-refractivity contribution is 14.1. The molecule has 1 aromatic heterocycles. The highest BCUT2D eigenvalue weighted by Gasteiger charge is 2.19. The van der Waals surface area contributed by atoms with Gasteiger partial charge < -0.3 is 5.32 Å². The van der Waals surface area contributed by atoms with Gasteiger partial charge in [0.05, 0.1) is 5.69 Å². The highest BCUT2D eigenvalue weighted by atomic mass is 127. The van der Waals surface area contributed by atoms with Crippen LogP contribution in [0.1, 0.15) is 29.8 Å². The zero-order valence-electron chi connectivity index (χ0n) is 12.0. The number of aryl methyl sites for hydroxylation is 2. The van der Waals surface area contributed by atoms with Crippen LogP contribution >= 0.6 is 34.2 Å². The average Bonchev–Trinajstić information content (AvgIpc) is 2.65. The molecule has 5 heteroatoms. The Hall–Kier alpha value is -0.590. The molecule has 2 rings (SSSR count). The number of halogens is 2. The third-order valence-electron chi connectivity index (χ3n) is 3.41. The molecular formula is C15H19ClIN3. The van der Waals surface area contributed by atoms with Gasteiger partial charge in [-0.25, -0.2) is 0 Å². The van der Waals surface area contributed by atoms with Crippen molar-refractivity contribution in [3.05, 3.63) is 49.8 Å². The minimum absolute atomic E-state index is 0.258. The van der Waals surface area contributed by atoms with Crippen LogP contribution in [0.2, 0.25) is 5.15 Å². The van der Waals surface area contributed by atoms with E-state index in [9.17, 15) is 0 Å². The van der Waals surface area contributed by atoms with Gasteiger partial charge in [-0.15, -0.1) is 0 Å². The Morgan fingerprint density at radius 2 is 2.10 bits per heavy atom. The summed E-state index contributed by atoms with van der Waals surface area (Å²) in [5.41, 5.74) is 3.44. The fourth-order valence-electron chi connectivity index (χ4n) is 2.41. The van der Waals surface area contributed by atoms with E-state index in [0.717, 1.165) is 29.4 Å². The topological polar surface area (TPSA) is 29.9 Å². The number of benzene rings is 1. The molecule has 0 bridgehead atoms. The first-order valence-electron chi connectivity index (χ1n) is 6.70. The van der Waals surface area contributed by atoms with E-state index in [4.69, 9.17) is 11.6 Å². The van der Waals surface area contributed by atoms with Gasteiger partial charge in [0.25, 0.3) is 0 Å². The number of aromatic nitrogens is 2. The van der Waals surface area contributed by atoms with Crippen molar-refractivity contribution in [1.29, 1.82) is 0 Å². The normalized spacial score (nSPS) is 12.7. The zero-order valence-corrected chi connectivity index (χ0v) is 14.9. The molecule has 0 radical (unpaired) electrons. The van der Waals surface area contributed by atoms with Crippen LogP contribution in [0.25, 0.3) is 0 Å². The lowest BCUT2D eigenvalue weighted by Gasteiger charge is -2.20. The van der Waals surface area contributed by atoms with Crippen LogP contribution in [0.4, 0.5) is 0 Å². The summed E-state index contributed by atoms with van der Waals surface area (Å²) in [7, 11) is 1.88. The molecule has 0 aliphatic rings. The van der Waals surface area contributed by atoms with E-state index in [1.165, 1.54) is 9.13 Å². The largest absolute Gasteiger partial charge is 0.310 e.